The van der Waals surface area contributed by atoms with Crippen LogP contribution in [-0.2, 0) is 19.1 Å². The molecule has 6 nitrogen and oxygen atoms in total. The first-order chi connectivity index (χ1) is 19.6. The number of ether oxygens (including phenoxy) is 2. The van der Waals surface area contributed by atoms with Crippen molar-refractivity contribution in [1.29, 1.82) is 0 Å². The topological polar surface area (TPSA) is 76.7 Å². The molecule has 0 bridgehead atoms. The van der Waals surface area contributed by atoms with Crippen molar-refractivity contribution in [3.05, 3.63) is 71.8 Å². The third-order valence-electron chi connectivity index (χ3n) is 6.75. The molecule has 6 heteroatoms. The molecule has 0 aliphatic carbocycles. The van der Waals surface area contributed by atoms with Gasteiger partial charge >= 0.3 is 11.9 Å². The predicted octanol–water partition coefficient (Wildman–Crippen LogP) is 8.26. The van der Waals surface area contributed by atoms with Crippen LogP contribution >= 0.6 is 0 Å². The lowest BCUT2D eigenvalue weighted by atomic mass is 10.1. The van der Waals surface area contributed by atoms with Crippen LogP contribution < -0.4 is 10.6 Å². The Hall–Kier alpha value is -3.54. The Morgan fingerprint density at radius 3 is 1.12 bits per heavy atom. The summed E-state index contributed by atoms with van der Waals surface area (Å²) in [5.41, 5.74) is 4.04. The van der Waals surface area contributed by atoms with Crippen LogP contribution in [0.2, 0.25) is 0 Å². The van der Waals surface area contributed by atoms with Gasteiger partial charge in [0.05, 0.1) is 13.2 Å². The molecule has 0 radical (unpaired) electrons. The summed E-state index contributed by atoms with van der Waals surface area (Å²) >= 11 is 0. The molecule has 0 heterocycles. The van der Waals surface area contributed by atoms with E-state index in [1.54, 1.807) is 12.2 Å². The Morgan fingerprint density at radius 2 is 0.825 bits per heavy atom. The lowest BCUT2D eigenvalue weighted by Crippen LogP contribution is -2.02. The predicted molar refractivity (Wildman–Crippen MR) is 167 cm³/mol. The number of nitrogens with one attached hydrogen (secondary N) is 2. The second-order valence-electron chi connectivity index (χ2n) is 9.99. The first-order valence-electron chi connectivity index (χ1n) is 14.9. The van der Waals surface area contributed by atoms with Crippen LogP contribution in [0, 0.1) is 0 Å². The summed E-state index contributed by atoms with van der Waals surface area (Å²) in [6.45, 7) is 0.979. The highest BCUT2D eigenvalue weighted by Gasteiger charge is 2.00. The highest BCUT2D eigenvalue weighted by molar-refractivity contribution is 5.87. The van der Waals surface area contributed by atoms with E-state index in [2.05, 4.69) is 10.6 Å². The van der Waals surface area contributed by atoms with E-state index in [0.29, 0.717) is 13.2 Å². The summed E-state index contributed by atoms with van der Waals surface area (Å²) in [4.78, 5) is 23.7. The molecule has 2 rings (SSSR count). The van der Waals surface area contributed by atoms with Crippen molar-refractivity contribution >= 4 is 35.5 Å². The highest BCUT2D eigenvalue weighted by Crippen LogP contribution is 2.13. The molecule has 40 heavy (non-hydrogen) atoms. The number of anilines is 2. The summed E-state index contributed by atoms with van der Waals surface area (Å²) in [6, 6.07) is 15.7. The lowest BCUT2D eigenvalue weighted by Gasteiger charge is -2.04. The number of hydrogen-bond acceptors (Lipinski definition) is 6. The van der Waals surface area contributed by atoms with Crippen LogP contribution in [-0.4, -0.2) is 39.2 Å². The van der Waals surface area contributed by atoms with Crippen LogP contribution in [0.25, 0.3) is 12.2 Å². The van der Waals surface area contributed by atoms with Crippen molar-refractivity contribution in [1.82, 2.24) is 0 Å². The molecule has 2 aromatic carbocycles. The van der Waals surface area contributed by atoms with E-state index in [0.717, 1.165) is 48.2 Å². The lowest BCUT2D eigenvalue weighted by molar-refractivity contribution is -0.138. The van der Waals surface area contributed by atoms with Crippen LogP contribution in [0.3, 0.4) is 0 Å². The smallest absolute Gasteiger partial charge is 0.330 e. The Kier molecular flexibility index (Phi) is 17.4. The van der Waals surface area contributed by atoms with E-state index in [4.69, 9.17) is 9.47 Å². The maximum Gasteiger partial charge on any atom is 0.330 e. The molecule has 0 fully saturated rings. The second-order valence-corrected chi connectivity index (χ2v) is 9.99. The summed E-state index contributed by atoms with van der Waals surface area (Å²) in [6.07, 6.45) is 20.6. The molecule has 0 amide bonds. The van der Waals surface area contributed by atoms with Gasteiger partial charge in [0.2, 0.25) is 0 Å². The van der Waals surface area contributed by atoms with Crippen LogP contribution in [0.5, 0.6) is 0 Å². The molecule has 0 aliphatic rings. The van der Waals surface area contributed by atoms with Gasteiger partial charge in [-0.05, 0) is 60.4 Å². The van der Waals surface area contributed by atoms with Crippen LogP contribution in [0.1, 0.15) is 88.2 Å². The molecule has 0 saturated heterocycles. The van der Waals surface area contributed by atoms with E-state index >= 15 is 0 Å². The summed E-state index contributed by atoms with van der Waals surface area (Å²) in [7, 11) is 3.76. The number of unbranched alkanes of at least 4 members (excludes halogenated alkanes) is 11. The number of carbonyl (C=O) groups excluding carboxylic acids is 2. The van der Waals surface area contributed by atoms with Gasteiger partial charge in [-0.1, -0.05) is 88.5 Å². The molecule has 2 N–H and O–H groups in total. The highest BCUT2D eigenvalue weighted by atomic mass is 16.5. The number of hydrogen-bond donors (Lipinski definition) is 2. The molecule has 0 unspecified atom stereocenters. The van der Waals surface area contributed by atoms with Gasteiger partial charge in [0.25, 0.3) is 0 Å². The van der Waals surface area contributed by atoms with E-state index < -0.39 is 0 Å². The Bertz CT molecular complexity index is 930. The fraction of sp³-hybridized carbons (Fsp3) is 0.471. The minimum Gasteiger partial charge on any atom is -0.463 e. The zero-order valence-electron chi connectivity index (χ0n) is 24.5. The first-order valence-corrected chi connectivity index (χ1v) is 14.9. The quantitative estimate of drug-likeness (QED) is 0.0929. The summed E-state index contributed by atoms with van der Waals surface area (Å²) < 4.78 is 10.6. The number of benzene rings is 2. The molecular weight excluding hydrogens is 500 g/mol. The van der Waals surface area contributed by atoms with E-state index in [1.807, 2.05) is 62.6 Å². The monoisotopic (exact) mass is 548 g/mol. The van der Waals surface area contributed by atoms with Gasteiger partial charge < -0.3 is 20.1 Å². The zero-order chi connectivity index (χ0) is 28.7. The third-order valence-corrected chi connectivity index (χ3v) is 6.75. The van der Waals surface area contributed by atoms with Crippen LogP contribution in [0.4, 0.5) is 11.4 Å². The average Bonchev–Trinajstić information content (AvgIpc) is 2.99. The fourth-order valence-corrected chi connectivity index (χ4v) is 4.26. The average molecular weight is 549 g/mol. The Labute approximate surface area is 241 Å². The second kappa shape index (κ2) is 21.3. The minimum atomic E-state index is -0.279. The fourth-order valence-electron chi connectivity index (χ4n) is 4.26. The van der Waals surface area contributed by atoms with E-state index in [-0.39, 0.29) is 11.9 Å². The number of rotatable bonds is 21. The first kappa shape index (κ1) is 32.7. The number of carbonyl (C=O) groups is 2. The van der Waals surface area contributed by atoms with Crippen molar-refractivity contribution < 1.29 is 19.1 Å². The molecule has 0 atom stereocenters. The van der Waals surface area contributed by atoms with Crippen molar-refractivity contribution in [2.24, 2.45) is 0 Å². The molecule has 2 aromatic rings. The van der Waals surface area contributed by atoms with Gasteiger partial charge in [-0.2, -0.15) is 0 Å². The Balaban J connectivity index is 1.32. The minimum absolute atomic E-state index is 0.279. The summed E-state index contributed by atoms with van der Waals surface area (Å²) in [5, 5.41) is 6.14. The van der Waals surface area contributed by atoms with Crippen molar-refractivity contribution in [3.8, 4) is 0 Å². The maximum absolute atomic E-state index is 11.8. The van der Waals surface area contributed by atoms with Gasteiger partial charge in [0.1, 0.15) is 0 Å². The molecule has 218 valence electrons. The van der Waals surface area contributed by atoms with Gasteiger partial charge in [-0.3, -0.25) is 0 Å². The third kappa shape index (κ3) is 15.8. The zero-order valence-corrected chi connectivity index (χ0v) is 24.5. The van der Waals surface area contributed by atoms with Gasteiger partial charge in [0, 0.05) is 37.6 Å². The van der Waals surface area contributed by atoms with Gasteiger partial charge in [-0.15, -0.1) is 0 Å². The SMILES string of the molecule is CNc1ccc(/C=C/C(=O)OCCCCCCCCCCCCCCOC(=O)/C=C/c2ccc(NC)cc2)cc1. The molecular formula is C34H48N2O4. The summed E-state index contributed by atoms with van der Waals surface area (Å²) in [5.74, 6) is -0.559. The molecule has 0 saturated carbocycles. The molecule has 0 spiro atoms. The maximum atomic E-state index is 11.8. The van der Waals surface area contributed by atoms with Gasteiger partial charge in [0.15, 0.2) is 0 Å². The molecule has 0 aromatic heterocycles. The normalized spacial score (nSPS) is 11.2. The van der Waals surface area contributed by atoms with Crippen molar-refractivity contribution in [3.63, 3.8) is 0 Å². The largest absolute Gasteiger partial charge is 0.463 e. The van der Waals surface area contributed by atoms with Crippen molar-refractivity contribution in [2.75, 3.05) is 37.9 Å². The number of esters is 2. The van der Waals surface area contributed by atoms with Gasteiger partial charge in [-0.25, -0.2) is 9.59 Å². The van der Waals surface area contributed by atoms with Crippen LogP contribution in [0.15, 0.2) is 60.7 Å². The van der Waals surface area contributed by atoms with E-state index in [9.17, 15) is 9.59 Å². The standard InChI is InChI=1S/C34H48N2O4/c1-35-31-21-15-29(16-22-31)19-25-33(37)39-27-13-11-9-7-5-3-4-6-8-10-12-14-28-40-34(38)26-20-30-17-23-32(36-2)24-18-30/h15-26,35-36H,3-14,27-28H2,1-2H3/b25-19+,26-20+. The Morgan fingerprint density at radius 1 is 0.525 bits per heavy atom. The molecule has 0 aliphatic heterocycles. The van der Waals surface area contributed by atoms with Crippen molar-refractivity contribution in [2.45, 2.75) is 77.0 Å². The van der Waals surface area contributed by atoms with E-state index in [1.165, 1.54) is 63.5 Å².